The largest absolute Gasteiger partial charge is 0.198 e. The molecule has 0 spiro atoms. The van der Waals surface area contributed by atoms with Crippen LogP contribution >= 0.6 is 24.0 Å². The molecule has 1 heterocycles. The summed E-state index contributed by atoms with van der Waals surface area (Å²) in [5, 5.41) is 9.88. The Balaban J connectivity index is 2.66. The van der Waals surface area contributed by atoms with Gasteiger partial charge in [-0.3, -0.25) is 0 Å². The maximum atomic E-state index is 8.63. The van der Waals surface area contributed by atoms with E-state index in [1.54, 1.807) is 11.3 Å². The number of fused-ring (bicyclic) bond motifs is 1. The van der Waals surface area contributed by atoms with Gasteiger partial charge in [0, 0.05) is 4.70 Å². The third-order valence-corrected chi connectivity index (χ3v) is 3.46. The first-order valence-corrected chi connectivity index (χ1v) is 5.56. The van der Waals surface area contributed by atoms with E-state index in [4.69, 9.17) is 5.26 Å². The first kappa shape index (κ1) is 9.57. The number of thiol groups is 1. The van der Waals surface area contributed by atoms with Crippen LogP contribution in [0.4, 0.5) is 0 Å². The highest BCUT2D eigenvalue weighted by Crippen LogP contribution is 2.31. The van der Waals surface area contributed by atoms with Crippen molar-refractivity contribution in [3.05, 3.63) is 29.3 Å². The Morgan fingerprint density at radius 2 is 2.21 bits per heavy atom. The molecule has 0 aliphatic rings. The lowest BCUT2D eigenvalue weighted by Gasteiger charge is -1.99. The van der Waals surface area contributed by atoms with E-state index in [0.717, 1.165) is 9.77 Å². The third kappa shape index (κ3) is 1.63. The maximum Gasteiger partial charge on any atom is 0.0669 e. The van der Waals surface area contributed by atoms with Gasteiger partial charge in [0.25, 0.3) is 0 Å². The summed E-state index contributed by atoms with van der Waals surface area (Å²) in [6.45, 7) is 2.07. The van der Waals surface area contributed by atoms with E-state index in [2.05, 4.69) is 43.8 Å². The lowest BCUT2D eigenvalue weighted by Crippen LogP contribution is -1.82. The second kappa shape index (κ2) is 3.64. The molecule has 1 nitrogen and oxygen atoms in total. The van der Waals surface area contributed by atoms with Gasteiger partial charge in [-0.05, 0) is 35.6 Å². The van der Waals surface area contributed by atoms with Gasteiger partial charge in [0.15, 0.2) is 0 Å². The molecule has 0 fully saturated rings. The Hall–Kier alpha value is -0.980. The molecule has 3 heteroatoms. The van der Waals surface area contributed by atoms with Gasteiger partial charge in [0.2, 0.25) is 0 Å². The molecule has 0 N–H and O–H groups in total. The van der Waals surface area contributed by atoms with E-state index in [1.807, 2.05) is 0 Å². The fourth-order valence-corrected chi connectivity index (χ4v) is 2.93. The van der Waals surface area contributed by atoms with Crippen molar-refractivity contribution in [2.45, 2.75) is 17.6 Å². The summed E-state index contributed by atoms with van der Waals surface area (Å²) in [6, 6.07) is 8.40. The number of thiophene rings is 1. The number of nitrogens with zero attached hydrogens (tertiary/aromatic N) is 1. The summed E-state index contributed by atoms with van der Waals surface area (Å²) in [7, 11) is 0. The second-order valence-corrected chi connectivity index (χ2v) is 5.11. The molecule has 14 heavy (non-hydrogen) atoms. The molecular formula is C11H9NS2. The maximum absolute atomic E-state index is 8.63. The molecule has 0 saturated heterocycles. The van der Waals surface area contributed by atoms with Crippen LogP contribution in [0.25, 0.3) is 10.1 Å². The predicted molar refractivity (Wildman–Crippen MR) is 63.1 cm³/mol. The Bertz CT molecular complexity index is 520. The molecule has 0 aliphatic carbocycles. The lowest BCUT2D eigenvalue weighted by molar-refractivity contribution is 1.26. The highest BCUT2D eigenvalue weighted by atomic mass is 32.2. The van der Waals surface area contributed by atoms with Crippen molar-refractivity contribution in [2.24, 2.45) is 0 Å². The van der Waals surface area contributed by atoms with Gasteiger partial charge >= 0.3 is 0 Å². The highest BCUT2D eigenvalue weighted by molar-refractivity contribution is 7.83. The zero-order chi connectivity index (χ0) is 10.1. The van der Waals surface area contributed by atoms with Crippen LogP contribution in [0, 0.1) is 18.3 Å². The van der Waals surface area contributed by atoms with Crippen LogP contribution in [0.15, 0.2) is 22.4 Å². The van der Waals surface area contributed by atoms with Crippen molar-refractivity contribution in [1.82, 2.24) is 0 Å². The van der Waals surface area contributed by atoms with Gasteiger partial charge in [-0.1, -0.05) is 6.07 Å². The van der Waals surface area contributed by atoms with Crippen LogP contribution in [0.3, 0.4) is 0 Å². The molecular weight excluding hydrogens is 210 g/mol. The number of nitriles is 1. The van der Waals surface area contributed by atoms with E-state index >= 15 is 0 Å². The minimum Gasteiger partial charge on any atom is -0.198 e. The van der Waals surface area contributed by atoms with E-state index in [-0.39, 0.29) is 0 Å². The van der Waals surface area contributed by atoms with E-state index in [1.165, 1.54) is 15.6 Å². The molecule has 0 atom stereocenters. The van der Waals surface area contributed by atoms with Crippen molar-refractivity contribution in [1.29, 1.82) is 5.26 Å². The fraction of sp³-hybridized carbons (Fsp3) is 0.182. The average molecular weight is 219 g/mol. The van der Waals surface area contributed by atoms with E-state index in [0.29, 0.717) is 6.42 Å². The summed E-state index contributed by atoms with van der Waals surface area (Å²) in [5.74, 6) is 0. The molecule has 0 radical (unpaired) electrons. The van der Waals surface area contributed by atoms with Crippen LogP contribution in [0.2, 0.25) is 0 Å². The van der Waals surface area contributed by atoms with Crippen LogP contribution in [0.1, 0.15) is 11.1 Å². The normalized spacial score (nSPS) is 10.4. The topological polar surface area (TPSA) is 23.8 Å². The molecule has 0 aliphatic heterocycles. The molecule has 70 valence electrons. The lowest BCUT2D eigenvalue weighted by atomic mass is 10.1. The summed E-state index contributed by atoms with van der Waals surface area (Å²) in [5.41, 5.74) is 2.32. The van der Waals surface area contributed by atoms with Crippen LogP contribution < -0.4 is 0 Å². The van der Waals surface area contributed by atoms with E-state index < -0.39 is 0 Å². The smallest absolute Gasteiger partial charge is 0.0669 e. The molecule has 2 aromatic rings. The van der Waals surface area contributed by atoms with Crippen molar-refractivity contribution < 1.29 is 0 Å². The summed E-state index contributed by atoms with van der Waals surface area (Å²) in [6.07, 6.45) is 0.483. The molecule has 0 amide bonds. The zero-order valence-electron chi connectivity index (χ0n) is 7.74. The first-order valence-electron chi connectivity index (χ1n) is 4.29. The Labute approximate surface area is 92.4 Å². The zero-order valence-corrected chi connectivity index (χ0v) is 9.45. The predicted octanol–water partition coefficient (Wildman–Crippen LogP) is 3.56. The van der Waals surface area contributed by atoms with Crippen molar-refractivity contribution in [3.8, 4) is 6.07 Å². The monoisotopic (exact) mass is 219 g/mol. The Morgan fingerprint density at radius 1 is 1.43 bits per heavy atom. The fourth-order valence-electron chi connectivity index (χ4n) is 1.57. The molecule has 2 rings (SSSR count). The molecule has 0 unspecified atom stereocenters. The summed E-state index contributed by atoms with van der Waals surface area (Å²) in [4.78, 5) is 0. The molecule has 1 aromatic heterocycles. The second-order valence-electron chi connectivity index (χ2n) is 3.24. The van der Waals surface area contributed by atoms with Crippen LogP contribution in [-0.2, 0) is 6.42 Å². The highest BCUT2D eigenvalue weighted by Gasteiger charge is 2.04. The molecule has 0 saturated carbocycles. The number of hydrogen-bond donors (Lipinski definition) is 1. The minimum absolute atomic E-state index is 0.483. The summed E-state index contributed by atoms with van der Waals surface area (Å²) < 4.78 is 2.25. The number of hydrogen-bond acceptors (Lipinski definition) is 3. The number of rotatable bonds is 1. The van der Waals surface area contributed by atoms with Gasteiger partial charge in [0.05, 0.1) is 16.7 Å². The van der Waals surface area contributed by atoms with Crippen molar-refractivity contribution >= 4 is 34.1 Å². The SMILES string of the molecule is Cc1cc(CC#N)cc2sc(S)cc12. The van der Waals surface area contributed by atoms with Crippen molar-refractivity contribution in [2.75, 3.05) is 0 Å². The number of aryl methyl sites for hydroxylation is 1. The van der Waals surface area contributed by atoms with Crippen LogP contribution in [0.5, 0.6) is 0 Å². The standard InChI is InChI=1S/C11H9NS2/c1-7-4-8(2-3-12)5-10-9(7)6-11(13)14-10/h4-6,13H,2H2,1H3. The quantitative estimate of drug-likeness (QED) is 0.728. The Kier molecular flexibility index (Phi) is 2.49. The van der Waals surface area contributed by atoms with Gasteiger partial charge in [-0.2, -0.15) is 5.26 Å². The summed E-state index contributed by atoms with van der Waals surface area (Å²) >= 11 is 5.99. The number of benzene rings is 1. The van der Waals surface area contributed by atoms with Gasteiger partial charge in [0.1, 0.15) is 0 Å². The van der Waals surface area contributed by atoms with E-state index in [9.17, 15) is 0 Å². The Morgan fingerprint density at radius 3 is 2.93 bits per heavy atom. The van der Waals surface area contributed by atoms with Gasteiger partial charge in [-0.25, -0.2) is 0 Å². The van der Waals surface area contributed by atoms with Crippen molar-refractivity contribution in [3.63, 3.8) is 0 Å². The third-order valence-electron chi connectivity index (χ3n) is 2.17. The first-order chi connectivity index (χ1) is 6.70. The van der Waals surface area contributed by atoms with Gasteiger partial charge in [-0.15, -0.1) is 24.0 Å². The van der Waals surface area contributed by atoms with Crippen LogP contribution in [-0.4, -0.2) is 0 Å². The minimum atomic E-state index is 0.483. The molecule has 1 aromatic carbocycles. The average Bonchev–Trinajstić information content (AvgIpc) is 2.47. The van der Waals surface area contributed by atoms with Gasteiger partial charge < -0.3 is 0 Å². The molecule has 0 bridgehead atoms.